The average molecular weight is 235 g/mol. The van der Waals surface area contributed by atoms with Crippen molar-refractivity contribution in [3.8, 4) is 0 Å². The molecule has 1 aromatic carbocycles. The molecule has 1 aromatic rings. The van der Waals surface area contributed by atoms with Crippen molar-refractivity contribution in [3.05, 3.63) is 35.6 Å². The molecule has 3 heteroatoms. The molecule has 0 N–H and O–H groups in total. The number of halogens is 1. The molecule has 2 nitrogen and oxygen atoms in total. The van der Waals surface area contributed by atoms with Gasteiger partial charge in [0, 0.05) is 12.6 Å². The van der Waals surface area contributed by atoms with Crippen LogP contribution in [0.2, 0.25) is 0 Å². The van der Waals surface area contributed by atoms with E-state index in [0.717, 1.165) is 25.8 Å². The first-order chi connectivity index (χ1) is 8.24. The van der Waals surface area contributed by atoms with E-state index in [1.54, 1.807) is 18.2 Å². The van der Waals surface area contributed by atoms with Crippen LogP contribution >= 0.6 is 0 Å². The van der Waals surface area contributed by atoms with E-state index in [1.165, 1.54) is 12.5 Å². The summed E-state index contributed by atoms with van der Waals surface area (Å²) >= 11 is 0. The zero-order chi connectivity index (χ0) is 12.3. The fourth-order valence-corrected chi connectivity index (χ4v) is 2.48. The highest BCUT2D eigenvalue weighted by Crippen LogP contribution is 2.22. The maximum Gasteiger partial charge on any atom is 0.257 e. The first kappa shape index (κ1) is 12.1. The molecule has 1 aliphatic rings. The smallest absolute Gasteiger partial charge is 0.257 e. The number of rotatable bonds is 2. The van der Waals surface area contributed by atoms with E-state index in [4.69, 9.17) is 0 Å². The Morgan fingerprint density at radius 2 is 2.18 bits per heavy atom. The standard InChI is InChI=1S/C14H18FNO/c1-2-11-7-5-6-10-16(11)14(17)12-8-3-4-9-13(12)15/h3-4,8-9,11H,2,5-7,10H2,1H3/t11-/m1/s1. The van der Waals surface area contributed by atoms with E-state index in [1.807, 2.05) is 4.90 Å². The second-order valence-electron chi connectivity index (χ2n) is 4.54. The van der Waals surface area contributed by atoms with E-state index in [0.29, 0.717) is 0 Å². The number of amides is 1. The maximum atomic E-state index is 13.6. The average Bonchev–Trinajstić information content (AvgIpc) is 2.38. The fraction of sp³-hybridized carbons (Fsp3) is 0.500. The van der Waals surface area contributed by atoms with Gasteiger partial charge in [0.25, 0.3) is 5.91 Å². The van der Waals surface area contributed by atoms with Gasteiger partial charge in [-0.25, -0.2) is 4.39 Å². The molecule has 1 amide bonds. The van der Waals surface area contributed by atoms with Gasteiger partial charge in [-0.3, -0.25) is 4.79 Å². The quantitative estimate of drug-likeness (QED) is 0.770. The second kappa shape index (κ2) is 5.30. The predicted octanol–water partition coefficient (Wildman–Crippen LogP) is 3.23. The van der Waals surface area contributed by atoms with Crippen molar-refractivity contribution in [1.29, 1.82) is 0 Å². The maximum absolute atomic E-state index is 13.6. The zero-order valence-corrected chi connectivity index (χ0v) is 10.2. The second-order valence-corrected chi connectivity index (χ2v) is 4.54. The minimum atomic E-state index is -0.419. The Balaban J connectivity index is 2.21. The summed E-state index contributed by atoms with van der Waals surface area (Å²) in [5.74, 6) is -0.576. The summed E-state index contributed by atoms with van der Waals surface area (Å²) in [4.78, 5) is 14.1. The van der Waals surface area contributed by atoms with Crippen molar-refractivity contribution in [3.63, 3.8) is 0 Å². The molecule has 1 fully saturated rings. The van der Waals surface area contributed by atoms with E-state index >= 15 is 0 Å². The molecule has 0 bridgehead atoms. The van der Waals surface area contributed by atoms with E-state index < -0.39 is 5.82 Å². The predicted molar refractivity (Wildman–Crippen MR) is 65.4 cm³/mol. The van der Waals surface area contributed by atoms with Crippen LogP contribution in [-0.2, 0) is 0 Å². The molecule has 1 aliphatic heterocycles. The molecular formula is C14H18FNO. The topological polar surface area (TPSA) is 20.3 Å². The highest BCUT2D eigenvalue weighted by molar-refractivity contribution is 5.94. The van der Waals surface area contributed by atoms with E-state index in [9.17, 15) is 9.18 Å². The molecular weight excluding hydrogens is 217 g/mol. The highest BCUT2D eigenvalue weighted by Gasteiger charge is 2.27. The van der Waals surface area contributed by atoms with Crippen LogP contribution in [0.3, 0.4) is 0 Å². The first-order valence-electron chi connectivity index (χ1n) is 6.29. The Morgan fingerprint density at radius 1 is 1.41 bits per heavy atom. The molecule has 0 unspecified atom stereocenters. The van der Waals surface area contributed by atoms with Gasteiger partial charge >= 0.3 is 0 Å². The van der Waals surface area contributed by atoms with Crippen molar-refractivity contribution in [2.75, 3.05) is 6.54 Å². The van der Waals surface area contributed by atoms with Gasteiger partial charge < -0.3 is 4.90 Å². The van der Waals surface area contributed by atoms with Crippen molar-refractivity contribution in [1.82, 2.24) is 4.90 Å². The van der Waals surface area contributed by atoms with Gasteiger partial charge in [-0.05, 0) is 37.8 Å². The lowest BCUT2D eigenvalue weighted by Crippen LogP contribution is -2.43. The molecule has 0 radical (unpaired) electrons. The Kier molecular flexibility index (Phi) is 3.77. The van der Waals surface area contributed by atoms with Crippen molar-refractivity contribution < 1.29 is 9.18 Å². The Labute approximate surface area is 101 Å². The van der Waals surface area contributed by atoms with Gasteiger partial charge in [0.1, 0.15) is 5.82 Å². The molecule has 0 aromatic heterocycles. The van der Waals surface area contributed by atoms with Crippen molar-refractivity contribution in [2.45, 2.75) is 38.6 Å². The Bertz CT molecular complexity index is 405. The van der Waals surface area contributed by atoms with Crippen molar-refractivity contribution in [2.24, 2.45) is 0 Å². The van der Waals surface area contributed by atoms with Crippen molar-refractivity contribution >= 4 is 5.91 Å². The third-order valence-corrected chi connectivity index (χ3v) is 3.46. The molecule has 0 spiro atoms. The van der Waals surface area contributed by atoms with Gasteiger partial charge in [0.2, 0.25) is 0 Å². The summed E-state index contributed by atoms with van der Waals surface area (Å²) in [6.45, 7) is 2.84. The van der Waals surface area contributed by atoms with Crippen LogP contribution in [0.25, 0.3) is 0 Å². The molecule has 1 atom stereocenters. The summed E-state index contributed by atoms with van der Waals surface area (Å²) in [5, 5.41) is 0. The van der Waals surface area contributed by atoms with Crippen LogP contribution in [0.1, 0.15) is 43.0 Å². The number of piperidine rings is 1. The van der Waals surface area contributed by atoms with Crippen LogP contribution in [0.15, 0.2) is 24.3 Å². The number of nitrogens with zero attached hydrogens (tertiary/aromatic N) is 1. The third kappa shape index (κ3) is 2.48. The van der Waals surface area contributed by atoms with E-state index in [-0.39, 0.29) is 17.5 Å². The molecule has 2 rings (SSSR count). The fourth-order valence-electron chi connectivity index (χ4n) is 2.48. The Morgan fingerprint density at radius 3 is 2.88 bits per heavy atom. The number of hydrogen-bond donors (Lipinski definition) is 0. The number of likely N-dealkylation sites (tertiary alicyclic amines) is 1. The van der Waals surface area contributed by atoms with Crippen LogP contribution in [0.5, 0.6) is 0 Å². The monoisotopic (exact) mass is 235 g/mol. The van der Waals surface area contributed by atoms with Gasteiger partial charge in [-0.15, -0.1) is 0 Å². The van der Waals surface area contributed by atoms with Gasteiger partial charge in [0.15, 0.2) is 0 Å². The summed E-state index contributed by atoms with van der Waals surface area (Å²) in [5.41, 5.74) is 0.202. The lowest BCUT2D eigenvalue weighted by Gasteiger charge is -2.35. The lowest BCUT2D eigenvalue weighted by atomic mass is 9.99. The SMILES string of the molecule is CC[C@@H]1CCCCN1C(=O)c1ccccc1F. The molecule has 1 saturated heterocycles. The summed E-state index contributed by atoms with van der Waals surface area (Å²) in [6.07, 6.45) is 4.17. The van der Waals surface area contributed by atoms with Crippen LogP contribution < -0.4 is 0 Å². The van der Waals surface area contributed by atoms with Crippen LogP contribution in [-0.4, -0.2) is 23.4 Å². The van der Waals surface area contributed by atoms with Crippen LogP contribution in [0, 0.1) is 5.82 Å². The summed E-state index contributed by atoms with van der Waals surface area (Å²) < 4.78 is 13.6. The minimum Gasteiger partial charge on any atom is -0.336 e. The summed E-state index contributed by atoms with van der Waals surface area (Å²) in [7, 11) is 0. The van der Waals surface area contributed by atoms with E-state index in [2.05, 4.69) is 6.92 Å². The molecule has 17 heavy (non-hydrogen) atoms. The summed E-state index contributed by atoms with van der Waals surface area (Å²) in [6, 6.07) is 6.51. The zero-order valence-electron chi connectivity index (χ0n) is 10.2. The molecule has 92 valence electrons. The van der Waals surface area contributed by atoms with Gasteiger partial charge in [-0.2, -0.15) is 0 Å². The molecule has 1 heterocycles. The Hall–Kier alpha value is -1.38. The molecule has 0 aliphatic carbocycles. The highest BCUT2D eigenvalue weighted by atomic mass is 19.1. The first-order valence-corrected chi connectivity index (χ1v) is 6.29. The largest absolute Gasteiger partial charge is 0.336 e. The van der Waals surface area contributed by atoms with Gasteiger partial charge in [0.05, 0.1) is 5.56 Å². The lowest BCUT2D eigenvalue weighted by molar-refractivity contribution is 0.0603. The minimum absolute atomic E-state index is 0.158. The van der Waals surface area contributed by atoms with Gasteiger partial charge in [-0.1, -0.05) is 19.1 Å². The normalized spacial score (nSPS) is 20.4. The number of carbonyl (C=O) groups excluding carboxylic acids is 1. The number of hydrogen-bond acceptors (Lipinski definition) is 1. The van der Waals surface area contributed by atoms with Crippen LogP contribution in [0.4, 0.5) is 4.39 Å². The molecule has 0 saturated carbocycles. The number of carbonyl (C=O) groups is 1. The third-order valence-electron chi connectivity index (χ3n) is 3.46. The number of benzene rings is 1.